The second-order valence-electron chi connectivity index (χ2n) is 4.37. The summed E-state index contributed by atoms with van der Waals surface area (Å²) >= 11 is 5.99. The van der Waals surface area contributed by atoms with Crippen LogP contribution in [0.4, 0.5) is 0 Å². The van der Waals surface area contributed by atoms with Gasteiger partial charge in [0.15, 0.2) is 5.82 Å². The van der Waals surface area contributed by atoms with Gasteiger partial charge >= 0.3 is 0 Å². The summed E-state index contributed by atoms with van der Waals surface area (Å²) in [6.07, 6.45) is 0.743. The molecule has 1 unspecified atom stereocenters. The molecule has 0 spiro atoms. The van der Waals surface area contributed by atoms with Crippen molar-refractivity contribution in [2.75, 3.05) is 7.05 Å². The zero-order valence-electron chi connectivity index (χ0n) is 10.7. The number of hydrogen-bond acceptors (Lipinski definition) is 4. The summed E-state index contributed by atoms with van der Waals surface area (Å²) < 4.78 is 5.26. The summed E-state index contributed by atoms with van der Waals surface area (Å²) in [7, 11) is 1.91. The molecule has 2 aromatic rings. The summed E-state index contributed by atoms with van der Waals surface area (Å²) in [6.45, 7) is 4.02. The first kappa shape index (κ1) is 13.1. The molecule has 5 heteroatoms. The molecule has 0 amide bonds. The monoisotopic (exact) mass is 265 g/mol. The smallest absolute Gasteiger partial charge is 0.257 e. The van der Waals surface area contributed by atoms with Crippen LogP contribution >= 0.6 is 11.6 Å². The van der Waals surface area contributed by atoms with Crippen molar-refractivity contribution in [2.24, 2.45) is 0 Å². The van der Waals surface area contributed by atoms with Crippen LogP contribution in [0.1, 0.15) is 18.3 Å². The van der Waals surface area contributed by atoms with Crippen LogP contribution in [0.5, 0.6) is 0 Å². The van der Waals surface area contributed by atoms with Gasteiger partial charge in [0.05, 0.1) is 0 Å². The van der Waals surface area contributed by atoms with E-state index < -0.39 is 0 Å². The molecule has 1 N–H and O–H groups in total. The van der Waals surface area contributed by atoms with Crippen molar-refractivity contribution in [3.63, 3.8) is 0 Å². The lowest BCUT2D eigenvalue weighted by atomic mass is 10.1. The number of benzene rings is 1. The molecule has 1 aromatic carbocycles. The van der Waals surface area contributed by atoms with Crippen LogP contribution < -0.4 is 5.32 Å². The van der Waals surface area contributed by atoms with E-state index in [1.165, 1.54) is 0 Å². The number of aromatic nitrogens is 2. The first-order valence-corrected chi connectivity index (χ1v) is 6.24. The van der Waals surface area contributed by atoms with Crippen molar-refractivity contribution >= 4 is 11.6 Å². The highest BCUT2D eigenvalue weighted by Crippen LogP contribution is 2.23. The van der Waals surface area contributed by atoms with Gasteiger partial charge in [-0.05, 0) is 44.7 Å². The Hall–Kier alpha value is -1.39. The van der Waals surface area contributed by atoms with Crippen LogP contribution in [0.3, 0.4) is 0 Å². The van der Waals surface area contributed by atoms with Gasteiger partial charge in [-0.2, -0.15) is 4.98 Å². The molecule has 0 saturated carbocycles. The Morgan fingerprint density at radius 1 is 1.44 bits per heavy atom. The van der Waals surface area contributed by atoms with Gasteiger partial charge in [-0.1, -0.05) is 16.8 Å². The van der Waals surface area contributed by atoms with Gasteiger partial charge in [-0.15, -0.1) is 0 Å². The molecule has 0 aliphatic carbocycles. The van der Waals surface area contributed by atoms with Crippen LogP contribution in [-0.4, -0.2) is 23.2 Å². The van der Waals surface area contributed by atoms with E-state index in [4.69, 9.17) is 16.1 Å². The number of aryl methyl sites for hydroxylation is 1. The molecule has 0 saturated heterocycles. The fourth-order valence-corrected chi connectivity index (χ4v) is 1.73. The van der Waals surface area contributed by atoms with E-state index in [-0.39, 0.29) is 0 Å². The lowest BCUT2D eigenvalue weighted by molar-refractivity contribution is 0.418. The Kier molecular flexibility index (Phi) is 3.99. The van der Waals surface area contributed by atoms with E-state index in [0.29, 0.717) is 17.8 Å². The van der Waals surface area contributed by atoms with Crippen molar-refractivity contribution in [1.29, 1.82) is 0 Å². The Labute approximate surface area is 111 Å². The third kappa shape index (κ3) is 2.89. The maximum Gasteiger partial charge on any atom is 0.257 e. The average Bonchev–Trinajstić information content (AvgIpc) is 2.81. The van der Waals surface area contributed by atoms with Crippen molar-refractivity contribution in [3.8, 4) is 11.5 Å². The minimum atomic E-state index is 0.322. The molecular formula is C13H16ClN3O. The molecule has 0 aliphatic heterocycles. The predicted octanol–water partition coefficient (Wildman–Crippen LogP) is 2.85. The molecule has 0 radical (unpaired) electrons. The van der Waals surface area contributed by atoms with Crippen molar-refractivity contribution in [2.45, 2.75) is 26.3 Å². The number of nitrogens with zero attached hydrogens (tertiary/aromatic N) is 2. The third-order valence-corrected chi connectivity index (χ3v) is 3.28. The number of likely N-dealkylation sites (N-methyl/N-ethyl adjacent to an activating group) is 1. The van der Waals surface area contributed by atoms with E-state index in [9.17, 15) is 0 Å². The van der Waals surface area contributed by atoms with Gasteiger partial charge in [0.1, 0.15) is 0 Å². The Balaban J connectivity index is 2.21. The zero-order valence-corrected chi connectivity index (χ0v) is 11.5. The van der Waals surface area contributed by atoms with Crippen LogP contribution in [0.25, 0.3) is 11.5 Å². The zero-order chi connectivity index (χ0) is 13.1. The standard InChI is InChI=1S/C13H16ClN3O/c1-8-6-10(4-5-11(8)14)13-16-12(17-18-13)7-9(2)15-3/h4-6,9,15H,7H2,1-3H3. The normalized spacial score (nSPS) is 12.7. The summed E-state index contributed by atoms with van der Waals surface area (Å²) in [6, 6.07) is 5.99. The number of hydrogen-bond donors (Lipinski definition) is 1. The molecule has 0 fully saturated rings. The highest BCUT2D eigenvalue weighted by Gasteiger charge is 2.11. The average molecular weight is 266 g/mol. The minimum Gasteiger partial charge on any atom is -0.334 e. The minimum absolute atomic E-state index is 0.322. The lowest BCUT2D eigenvalue weighted by Gasteiger charge is -2.04. The molecule has 1 atom stereocenters. The fourth-order valence-electron chi connectivity index (χ4n) is 1.61. The number of halogens is 1. The van der Waals surface area contributed by atoms with E-state index in [1.807, 2.05) is 32.2 Å². The lowest BCUT2D eigenvalue weighted by Crippen LogP contribution is -2.24. The van der Waals surface area contributed by atoms with E-state index in [0.717, 1.165) is 22.6 Å². The topological polar surface area (TPSA) is 51.0 Å². The van der Waals surface area contributed by atoms with Gasteiger partial charge < -0.3 is 9.84 Å². The molecule has 18 heavy (non-hydrogen) atoms. The number of rotatable bonds is 4. The van der Waals surface area contributed by atoms with Crippen LogP contribution in [0.15, 0.2) is 22.7 Å². The van der Waals surface area contributed by atoms with Gasteiger partial charge in [0.2, 0.25) is 0 Å². The maximum absolute atomic E-state index is 5.99. The highest BCUT2D eigenvalue weighted by atomic mass is 35.5. The van der Waals surface area contributed by atoms with Crippen LogP contribution in [0, 0.1) is 6.92 Å². The fraction of sp³-hybridized carbons (Fsp3) is 0.385. The maximum atomic E-state index is 5.99. The second-order valence-corrected chi connectivity index (χ2v) is 4.78. The van der Waals surface area contributed by atoms with E-state index in [1.54, 1.807) is 0 Å². The summed E-state index contributed by atoms with van der Waals surface area (Å²) in [5.74, 6) is 1.24. The van der Waals surface area contributed by atoms with Crippen LogP contribution in [-0.2, 0) is 6.42 Å². The molecule has 0 bridgehead atoms. The van der Waals surface area contributed by atoms with Gasteiger partial charge in [-0.3, -0.25) is 0 Å². The second kappa shape index (κ2) is 5.50. The van der Waals surface area contributed by atoms with Crippen molar-refractivity contribution < 1.29 is 4.52 Å². The quantitative estimate of drug-likeness (QED) is 0.924. The highest BCUT2D eigenvalue weighted by molar-refractivity contribution is 6.31. The summed E-state index contributed by atoms with van der Waals surface area (Å²) in [5.41, 5.74) is 1.89. The van der Waals surface area contributed by atoms with Gasteiger partial charge in [-0.25, -0.2) is 0 Å². The van der Waals surface area contributed by atoms with E-state index in [2.05, 4.69) is 22.4 Å². The Bertz CT molecular complexity index is 539. The van der Waals surface area contributed by atoms with Crippen molar-refractivity contribution in [1.82, 2.24) is 15.5 Å². The molecule has 4 nitrogen and oxygen atoms in total. The van der Waals surface area contributed by atoms with Crippen LogP contribution in [0.2, 0.25) is 5.02 Å². The van der Waals surface area contributed by atoms with E-state index >= 15 is 0 Å². The Morgan fingerprint density at radius 3 is 2.89 bits per heavy atom. The van der Waals surface area contributed by atoms with Gasteiger partial charge in [0, 0.05) is 23.0 Å². The molecular weight excluding hydrogens is 250 g/mol. The molecule has 96 valence electrons. The SMILES string of the molecule is CNC(C)Cc1noc(-c2ccc(Cl)c(C)c2)n1. The van der Waals surface area contributed by atoms with Gasteiger partial charge in [0.25, 0.3) is 5.89 Å². The molecule has 0 aliphatic rings. The summed E-state index contributed by atoms with van der Waals surface area (Å²) in [5, 5.41) is 7.85. The largest absolute Gasteiger partial charge is 0.334 e. The molecule has 1 heterocycles. The number of nitrogens with one attached hydrogen (secondary N) is 1. The third-order valence-electron chi connectivity index (χ3n) is 2.85. The predicted molar refractivity (Wildman–Crippen MR) is 71.7 cm³/mol. The first-order chi connectivity index (χ1) is 8.60. The first-order valence-electron chi connectivity index (χ1n) is 5.86. The van der Waals surface area contributed by atoms with Crippen molar-refractivity contribution in [3.05, 3.63) is 34.6 Å². The Morgan fingerprint density at radius 2 is 2.22 bits per heavy atom. The molecule has 2 rings (SSSR count). The molecule has 1 aromatic heterocycles. The summed E-state index contributed by atoms with van der Waals surface area (Å²) in [4.78, 5) is 4.38.